The molecule has 0 saturated heterocycles. The van der Waals surface area contributed by atoms with Gasteiger partial charge in [-0.15, -0.1) is 0 Å². The highest BCUT2D eigenvalue weighted by atomic mass is 32.2. The van der Waals surface area contributed by atoms with Crippen LogP contribution in [0, 0.1) is 16.0 Å². The van der Waals surface area contributed by atoms with Crippen molar-refractivity contribution in [2.45, 2.75) is 11.9 Å². The van der Waals surface area contributed by atoms with Gasteiger partial charge in [-0.1, -0.05) is 18.7 Å². The Hall–Kier alpha value is -1.63. The number of aromatic nitrogens is 1. The molecule has 0 radical (unpaired) electrons. The molecule has 0 spiro atoms. The lowest BCUT2D eigenvalue weighted by Gasteiger charge is -2.07. The number of ether oxygens (including phenoxy) is 1. The normalized spacial score (nSPS) is 11.9. The Kier molecular flexibility index (Phi) is 4.89. The summed E-state index contributed by atoms with van der Waals surface area (Å²) in [5.74, 6) is -0.271. The summed E-state index contributed by atoms with van der Waals surface area (Å²) in [5.41, 5.74) is -0.0467. The number of nitro groups is 1. The van der Waals surface area contributed by atoms with Crippen LogP contribution < -0.4 is 0 Å². The third-order valence-corrected chi connectivity index (χ3v) is 3.28. The number of esters is 1. The molecule has 1 aromatic heterocycles. The predicted molar refractivity (Wildman–Crippen MR) is 62.8 cm³/mol. The summed E-state index contributed by atoms with van der Waals surface area (Å²) in [6, 6.07) is 2.89. The SMILES string of the molecule is COC(=O)C(C)CSc1ncccc1[N+](=O)[O-]. The standard InChI is InChI=1S/C10H12N2O4S/c1-7(10(13)16-2)6-17-9-8(12(14)15)4-3-5-11-9/h3-5,7H,6H2,1-2H3. The molecule has 0 aliphatic carbocycles. The molecule has 6 nitrogen and oxygen atoms in total. The molecule has 0 aliphatic rings. The summed E-state index contributed by atoms with van der Waals surface area (Å²) in [6.07, 6.45) is 1.48. The van der Waals surface area contributed by atoms with Crippen LogP contribution in [-0.2, 0) is 9.53 Å². The second kappa shape index (κ2) is 6.19. The van der Waals surface area contributed by atoms with Crippen LogP contribution in [0.15, 0.2) is 23.4 Å². The summed E-state index contributed by atoms with van der Waals surface area (Å²) in [7, 11) is 1.31. The second-order valence-corrected chi connectivity index (χ2v) is 4.33. The van der Waals surface area contributed by atoms with Gasteiger partial charge in [0.15, 0.2) is 5.03 Å². The predicted octanol–water partition coefficient (Wildman–Crippen LogP) is 1.89. The lowest BCUT2D eigenvalue weighted by atomic mass is 10.2. The topological polar surface area (TPSA) is 82.3 Å². The third kappa shape index (κ3) is 3.70. The van der Waals surface area contributed by atoms with Crippen molar-refractivity contribution >= 4 is 23.4 Å². The van der Waals surface area contributed by atoms with Gasteiger partial charge < -0.3 is 4.74 Å². The molecule has 0 saturated carbocycles. The zero-order chi connectivity index (χ0) is 12.8. The Morgan fingerprint density at radius 1 is 1.71 bits per heavy atom. The van der Waals surface area contributed by atoms with E-state index in [0.29, 0.717) is 10.8 Å². The van der Waals surface area contributed by atoms with E-state index in [1.165, 1.54) is 37.2 Å². The fourth-order valence-corrected chi connectivity index (χ4v) is 2.08. The van der Waals surface area contributed by atoms with Crippen LogP contribution in [0.25, 0.3) is 0 Å². The minimum Gasteiger partial charge on any atom is -0.469 e. The van der Waals surface area contributed by atoms with Gasteiger partial charge in [0, 0.05) is 18.0 Å². The molecule has 0 N–H and O–H groups in total. The molecule has 0 bridgehead atoms. The van der Waals surface area contributed by atoms with E-state index >= 15 is 0 Å². The van der Waals surface area contributed by atoms with E-state index in [0.717, 1.165) is 0 Å². The molecular formula is C10H12N2O4S. The van der Waals surface area contributed by atoms with Gasteiger partial charge in [-0.2, -0.15) is 0 Å². The van der Waals surface area contributed by atoms with Crippen LogP contribution in [0.3, 0.4) is 0 Å². The van der Waals surface area contributed by atoms with Crippen LogP contribution >= 0.6 is 11.8 Å². The number of hydrogen-bond acceptors (Lipinski definition) is 6. The van der Waals surface area contributed by atoms with Crippen molar-refractivity contribution in [3.63, 3.8) is 0 Å². The Labute approximate surface area is 103 Å². The van der Waals surface area contributed by atoms with Crippen LogP contribution in [0.2, 0.25) is 0 Å². The average Bonchev–Trinajstić information content (AvgIpc) is 2.35. The monoisotopic (exact) mass is 256 g/mol. The highest BCUT2D eigenvalue weighted by Crippen LogP contribution is 2.27. The van der Waals surface area contributed by atoms with Crippen molar-refractivity contribution < 1.29 is 14.5 Å². The van der Waals surface area contributed by atoms with Crippen LogP contribution in [0.4, 0.5) is 5.69 Å². The fraction of sp³-hybridized carbons (Fsp3) is 0.400. The second-order valence-electron chi connectivity index (χ2n) is 3.32. The number of thioether (sulfide) groups is 1. The number of nitrogens with zero attached hydrogens (tertiary/aromatic N) is 2. The zero-order valence-electron chi connectivity index (χ0n) is 9.45. The highest BCUT2D eigenvalue weighted by molar-refractivity contribution is 7.99. The molecule has 92 valence electrons. The van der Waals surface area contributed by atoms with E-state index < -0.39 is 4.92 Å². The van der Waals surface area contributed by atoms with Gasteiger partial charge in [-0.25, -0.2) is 4.98 Å². The van der Waals surface area contributed by atoms with Gasteiger partial charge in [0.2, 0.25) is 0 Å². The minimum absolute atomic E-state index is 0.0467. The molecule has 1 rings (SSSR count). The maximum absolute atomic E-state index is 11.2. The van der Waals surface area contributed by atoms with Crippen molar-refractivity contribution in [2.24, 2.45) is 5.92 Å². The fourth-order valence-electron chi connectivity index (χ4n) is 1.11. The van der Waals surface area contributed by atoms with Gasteiger partial charge in [-0.05, 0) is 6.07 Å². The van der Waals surface area contributed by atoms with Crippen LogP contribution in [-0.4, -0.2) is 28.7 Å². The number of pyridine rings is 1. The van der Waals surface area contributed by atoms with Crippen molar-refractivity contribution in [1.82, 2.24) is 4.98 Å². The smallest absolute Gasteiger partial charge is 0.309 e. The average molecular weight is 256 g/mol. The third-order valence-electron chi connectivity index (χ3n) is 2.02. The van der Waals surface area contributed by atoms with E-state index in [9.17, 15) is 14.9 Å². The zero-order valence-corrected chi connectivity index (χ0v) is 10.3. The van der Waals surface area contributed by atoms with Crippen molar-refractivity contribution in [1.29, 1.82) is 0 Å². The largest absolute Gasteiger partial charge is 0.469 e. The van der Waals surface area contributed by atoms with Crippen molar-refractivity contribution in [3.8, 4) is 0 Å². The van der Waals surface area contributed by atoms with Gasteiger partial charge >= 0.3 is 11.7 Å². The van der Waals surface area contributed by atoms with Crippen molar-refractivity contribution in [3.05, 3.63) is 28.4 Å². The molecular weight excluding hydrogens is 244 g/mol. The lowest BCUT2D eigenvalue weighted by Crippen LogP contribution is -2.14. The summed E-state index contributed by atoms with van der Waals surface area (Å²) in [4.78, 5) is 25.3. The van der Waals surface area contributed by atoms with Gasteiger partial charge in [0.05, 0.1) is 18.0 Å². The first-order valence-corrected chi connectivity index (χ1v) is 5.85. The summed E-state index contributed by atoms with van der Waals surface area (Å²) in [5, 5.41) is 11.0. The Morgan fingerprint density at radius 2 is 2.41 bits per heavy atom. The molecule has 1 unspecified atom stereocenters. The number of carbonyl (C=O) groups excluding carboxylic acids is 1. The number of carbonyl (C=O) groups is 1. The maximum Gasteiger partial charge on any atom is 0.309 e. The number of methoxy groups -OCH3 is 1. The molecule has 1 heterocycles. The van der Waals surface area contributed by atoms with Crippen LogP contribution in [0.1, 0.15) is 6.92 Å². The van der Waals surface area contributed by atoms with E-state index in [4.69, 9.17) is 0 Å². The number of hydrogen-bond donors (Lipinski definition) is 0. The first kappa shape index (κ1) is 13.4. The van der Waals surface area contributed by atoms with Gasteiger partial charge in [0.1, 0.15) is 0 Å². The maximum atomic E-state index is 11.2. The Balaban J connectivity index is 2.69. The van der Waals surface area contributed by atoms with E-state index in [-0.39, 0.29) is 17.6 Å². The molecule has 1 aromatic rings. The molecule has 0 aliphatic heterocycles. The highest BCUT2D eigenvalue weighted by Gasteiger charge is 2.18. The molecule has 7 heteroatoms. The quantitative estimate of drug-likeness (QED) is 0.346. The van der Waals surface area contributed by atoms with E-state index in [2.05, 4.69) is 9.72 Å². The van der Waals surface area contributed by atoms with Crippen LogP contribution in [0.5, 0.6) is 0 Å². The molecule has 0 aromatic carbocycles. The molecule has 17 heavy (non-hydrogen) atoms. The Morgan fingerprint density at radius 3 is 3.00 bits per heavy atom. The summed E-state index contributed by atoms with van der Waals surface area (Å²) < 4.78 is 4.57. The van der Waals surface area contributed by atoms with Gasteiger partial charge in [0.25, 0.3) is 0 Å². The molecule has 0 amide bonds. The van der Waals surface area contributed by atoms with E-state index in [1.54, 1.807) is 6.92 Å². The van der Waals surface area contributed by atoms with Crippen molar-refractivity contribution in [2.75, 3.05) is 12.9 Å². The summed E-state index contributed by atoms with van der Waals surface area (Å²) >= 11 is 1.17. The lowest BCUT2D eigenvalue weighted by molar-refractivity contribution is -0.388. The Bertz CT molecular complexity index is 425. The summed E-state index contributed by atoms with van der Waals surface area (Å²) in [6.45, 7) is 1.70. The van der Waals surface area contributed by atoms with E-state index in [1.807, 2.05) is 0 Å². The minimum atomic E-state index is -0.488. The molecule has 1 atom stereocenters. The first-order valence-electron chi connectivity index (χ1n) is 4.86. The first-order chi connectivity index (χ1) is 8.06. The molecule has 0 fully saturated rings. The van der Waals surface area contributed by atoms with Gasteiger partial charge in [-0.3, -0.25) is 14.9 Å². The number of rotatable bonds is 5.